The molecule has 0 saturated heterocycles. The van der Waals surface area contributed by atoms with Crippen molar-refractivity contribution >= 4 is 28.9 Å². The van der Waals surface area contributed by atoms with Crippen LogP contribution in [0.2, 0.25) is 5.28 Å². The highest BCUT2D eigenvalue weighted by Crippen LogP contribution is 2.19. The molecule has 0 atom stereocenters. The lowest BCUT2D eigenvalue weighted by Crippen LogP contribution is -2.07. The molecule has 0 spiro atoms. The summed E-state index contributed by atoms with van der Waals surface area (Å²) in [4.78, 5) is 8.41. The Bertz CT molecular complexity index is 747. The highest BCUT2D eigenvalue weighted by atomic mass is 35.5. The molecule has 0 unspecified atom stereocenters. The van der Waals surface area contributed by atoms with E-state index in [9.17, 15) is 0 Å². The van der Waals surface area contributed by atoms with Crippen molar-refractivity contribution in [2.45, 2.75) is 6.42 Å². The summed E-state index contributed by atoms with van der Waals surface area (Å²) in [5, 5.41) is 6.72. The summed E-state index contributed by atoms with van der Waals surface area (Å²) in [7, 11) is 0. The van der Waals surface area contributed by atoms with E-state index in [1.807, 2.05) is 54.6 Å². The van der Waals surface area contributed by atoms with Gasteiger partial charge in [0.15, 0.2) is 0 Å². The molecule has 2 N–H and O–H groups in total. The van der Waals surface area contributed by atoms with Gasteiger partial charge in [-0.2, -0.15) is 0 Å². The molecule has 0 radical (unpaired) electrons. The second kappa shape index (κ2) is 7.61. The van der Waals surface area contributed by atoms with Crippen molar-refractivity contribution in [2.75, 3.05) is 17.2 Å². The van der Waals surface area contributed by atoms with Crippen LogP contribution in [0.25, 0.3) is 0 Å². The van der Waals surface area contributed by atoms with Crippen LogP contribution in [0.4, 0.5) is 17.3 Å². The molecule has 5 heteroatoms. The molecule has 0 aliphatic rings. The fourth-order valence-corrected chi connectivity index (χ4v) is 2.40. The monoisotopic (exact) mass is 324 g/mol. The average molecular weight is 325 g/mol. The standard InChI is InChI=1S/C18H17ClN4/c19-18-22-16(20-12-11-14-7-3-1-4-8-14)13-17(23-18)21-15-9-5-2-6-10-15/h1-10,13H,11-12H2,(H2,20,21,22,23). The first-order valence-electron chi connectivity index (χ1n) is 7.44. The zero-order valence-electron chi connectivity index (χ0n) is 12.5. The van der Waals surface area contributed by atoms with Crippen LogP contribution in [0.15, 0.2) is 66.7 Å². The van der Waals surface area contributed by atoms with Crippen LogP contribution >= 0.6 is 11.6 Å². The topological polar surface area (TPSA) is 49.8 Å². The van der Waals surface area contributed by atoms with Gasteiger partial charge in [0.2, 0.25) is 5.28 Å². The fourth-order valence-electron chi connectivity index (χ4n) is 2.22. The number of anilines is 3. The summed E-state index contributed by atoms with van der Waals surface area (Å²) in [5.74, 6) is 1.37. The van der Waals surface area contributed by atoms with Gasteiger partial charge in [0, 0.05) is 18.3 Å². The summed E-state index contributed by atoms with van der Waals surface area (Å²) < 4.78 is 0. The number of hydrogen-bond acceptors (Lipinski definition) is 4. The van der Waals surface area contributed by atoms with E-state index in [4.69, 9.17) is 11.6 Å². The Morgan fingerprint density at radius 2 is 1.48 bits per heavy atom. The van der Waals surface area contributed by atoms with Gasteiger partial charge in [0.25, 0.3) is 0 Å². The Kier molecular flexibility index (Phi) is 5.06. The van der Waals surface area contributed by atoms with Crippen molar-refractivity contribution in [3.8, 4) is 0 Å². The third-order valence-electron chi connectivity index (χ3n) is 3.31. The largest absolute Gasteiger partial charge is 0.370 e. The molecule has 23 heavy (non-hydrogen) atoms. The Morgan fingerprint density at radius 3 is 2.22 bits per heavy atom. The maximum atomic E-state index is 6.01. The van der Waals surface area contributed by atoms with Crippen LogP contribution < -0.4 is 10.6 Å². The quantitative estimate of drug-likeness (QED) is 0.654. The van der Waals surface area contributed by atoms with Crippen LogP contribution in [0.5, 0.6) is 0 Å². The van der Waals surface area contributed by atoms with Gasteiger partial charge in [-0.05, 0) is 35.7 Å². The SMILES string of the molecule is Clc1nc(NCCc2ccccc2)cc(Nc2ccccc2)n1. The Morgan fingerprint density at radius 1 is 0.826 bits per heavy atom. The van der Waals surface area contributed by atoms with E-state index in [1.54, 1.807) is 0 Å². The number of hydrogen-bond donors (Lipinski definition) is 2. The molecule has 4 nitrogen and oxygen atoms in total. The number of halogens is 1. The van der Waals surface area contributed by atoms with Crippen LogP contribution in [0, 0.1) is 0 Å². The summed E-state index contributed by atoms with van der Waals surface area (Å²) in [6.07, 6.45) is 0.921. The molecule has 0 aliphatic carbocycles. The Balaban J connectivity index is 1.63. The maximum Gasteiger partial charge on any atom is 0.226 e. The fraction of sp³-hybridized carbons (Fsp3) is 0.111. The average Bonchev–Trinajstić information content (AvgIpc) is 2.56. The Labute approximate surface area is 140 Å². The predicted molar refractivity (Wildman–Crippen MR) is 95.4 cm³/mol. The predicted octanol–water partition coefficient (Wildman–Crippen LogP) is 4.53. The highest BCUT2D eigenvalue weighted by Gasteiger charge is 2.03. The molecule has 0 amide bonds. The maximum absolute atomic E-state index is 6.01. The second-order valence-electron chi connectivity index (χ2n) is 5.06. The van der Waals surface area contributed by atoms with Crippen molar-refractivity contribution in [1.29, 1.82) is 0 Å². The number of nitrogens with zero attached hydrogens (tertiary/aromatic N) is 2. The van der Waals surface area contributed by atoms with Crippen LogP contribution in [0.3, 0.4) is 0 Å². The van der Waals surface area contributed by atoms with Gasteiger partial charge in [-0.1, -0.05) is 48.5 Å². The molecular weight excluding hydrogens is 308 g/mol. The van der Waals surface area contributed by atoms with E-state index in [0.717, 1.165) is 18.7 Å². The molecule has 3 aromatic rings. The van der Waals surface area contributed by atoms with Gasteiger partial charge in [-0.25, -0.2) is 9.97 Å². The summed E-state index contributed by atoms with van der Waals surface area (Å²) in [6.45, 7) is 0.780. The highest BCUT2D eigenvalue weighted by molar-refractivity contribution is 6.28. The Hall–Kier alpha value is -2.59. The van der Waals surface area contributed by atoms with Gasteiger partial charge in [-0.3, -0.25) is 0 Å². The molecule has 0 fully saturated rings. The second-order valence-corrected chi connectivity index (χ2v) is 5.40. The van der Waals surface area contributed by atoms with Gasteiger partial charge in [-0.15, -0.1) is 0 Å². The van der Waals surface area contributed by atoms with E-state index >= 15 is 0 Å². The van der Waals surface area contributed by atoms with E-state index in [0.29, 0.717) is 11.6 Å². The number of rotatable bonds is 6. The lowest BCUT2D eigenvalue weighted by atomic mass is 10.1. The van der Waals surface area contributed by atoms with E-state index in [2.05, 4.69) is 32.7 Å². The zero-order chi connectivity index (χ0) is 15.9. The van der Waals surface area contributed by atoms with E-state index in [1.165, 1.54) is 5.56 Å². The van der Waals surface area contributed by atoms with Gasteiger partial charge in [0.1, 0.15) is 11.6 Å². The first-order valence-corrected chi connectivity index (χ1v) is 7.82. The van der Waals surface area contributed by atoms with Crippen molar-refractivity contribution < 1.29 is 0 Å². The molecule has 1 heterocycles. The first-order chi connectivity index (χ1) is 11.3. The molecular formula is C18H17ClN4. The lowest BCUT2D eigenvalue weighted by molar-refractivity contribution is 1.00. The molecule has 116 valence electrons. The normalized spacial score (nSPS) is 10.3. The third-order valence-corrected chi connectivity index (χ3v) is 3.48. The van der Waals surface area contributed by atoms with Crippen LogP contribution in [-0.2, 0) is 6.42 Å². The van der Waals surface area contributed by atoms with Crippen LogP contribution in [0.1, 0.15) is 5.56 Å². The minimum absolute atomic E-state index is 0.216. The molecule has 2 aromatic carbocycles. The smallest absolute Gasteiger partial charge is 0.226 e. The minimum atomic E-state index is 0.216. The third kappa shape index (κ3) is 4.69. The van der Waals surface area contributed by atoms with Crippen molar-refractivity contribution in [2.24, 2.45) is 0 Å². The molecule has 3 rings (SSSR count). The van der Waals surface area contributed by atoms with E-state index < -0.39 is 0 Å². The van der Waals surface area contributed by atoms with E-state index in [-0.39, 0.29) is 5.28 Å². The van der Waals surface area contributed by atoms with Crippen molar-refractivity contribution in [3.05, 3.63) is 77.6 Å². The molecule has 0 saturated carbocycles. The van der Waals surface area contributed by atoms with Crippen LogP contribution in [-0.4, -0.2) is 16.5 Å². The summed E-state index contributed by atoms with van der Waals surface area (Å²) >= 11 is 6.01. The number of benzene rings is 2. The lowest BCUT2D eigenvalue weighted by Gasteiger charge is -2.09. The number of nitrogens with one attached hydrogen (secondary N) is 2. The summed E-state index contributed by atoms with van der Waals surface area (Å²) in [6, 6.07) is 22.0. The molecule has 0 aliphatic heterocycles. The van der Waals surface area contributed by atoms with Gasteiger partial charge >= 0.3 is 0 Å². The first kappa shape index (κ1) is 15.3. The van der Waals surface area contributed by atoms with Gasteiger partial charge in [0.05, 0.1) is 0 Å². The molecule has 1 aromatic heterocycles. The zero-order valence-corrected chi connectivity index (χ0v) is 13.3. The molecule has 0 bridgehead atoms. The number of aromatic nitrogens is 2. The summed E-state index contributed by atoms with van der Waals surface area (Å²) in [5.41, 5.74) is 2.24. The number of para-hydroxylation sites is 1. The van der Waals surface area contributed by atoms with Crippen molar-refractivity contribution in [3.63, 3.8) is 0 Å². The van der Waals surface area contributed by atoms with Gasteiger partial charge < -0.3 is 10.6 Å². The van der Waals surface area contributed by atoms with Crippen molar-refractivity contribution in [1.82, 2.24) is 9.97 Å². The minimum Gasteiger partial charge on any atom is -0.370 e.